The van der Waals surface area contributed by atoms with Gasteiger partial charge in [0.05, 0.1) is 0 Å². The van der Waals surface area contributed by atoms with Crippen LogP contribution >= 0.6 is 18.0 Å². The summed E-state index contributed by atoms with van der Waals surface area (Å²) in [6.45, 7) is -0.763. The van der Waals surface area contributed by atoms with Crippen molar-refractivity contribution < 1.29 is 9.36 Å². The second-order valence-electron chi connectivity index (χ2n) is 1.84. The fraction of sp³-hybridized carbons (Fsp3) is 0.800. The maximum atomic E-state index is 11.7. The van der Waals surface area contributed by atoms with Crippen molar-refractivity contribution in [3.05, 3.63) is 0 Å². The molecule has 0 aliphatic heterocycles. The van der Waals surface area contributed by atoms with Crippen molar-refractivity contribution >= 4 is 24.4 Å². The first-order valence-corrected chi connectivity index (χ1v) is 6.48. The summed E-state index contributed by atoms with van der Waals surface area (Å²) in [7, 11) is 3.09. The lowest BCUT2D eigenvalue weighted by Crippen LogP contribution is -2.18. The van der Waals surface area contributed by atoms with E-state index >= 15 is 0 Å². The van der Waals surface area contributed by atoms with Crippen molar-refractivity contribution in [2.45, 2.75) is 6.92 Å². The SMILES string of the molecule is CCSP(=O)(NC)N(C)C=O. The first kappa shape index (κ1) is 11.0. The molecule has 1 atom stereocenters. The lowest BCUT2D eigenvalue weighted by molar-refractivity contribution is -0.113. The maximum Gasteiger partial charge on any atom is 0.294 e. The number of nitrogens with one attached hydrogen (secondary N) is 1. The zero-order valence-electron chi connectivity index (χ0n) is 6.90. The van der Waals surface area contributed by atoms with Crippen molar-refractivity contribution in [2.24, 2.45) is 0 Å². The van der Waals surface area contributed by atoms with Crippen molar-refractivity contribution in [1.29, 1.82) is 0 Å². The molecule has 1 N–H and O–H groups in total. The van der Waals surface area contributed by atoms with Crippen LogP contribution in [0.15, 0.2) is 0 Å². The van der Waals surface area contributed by atoms with Crippen LogP contribution in [-0.2, 0) is 9.36 Å². The second-order valence-corrected chi connectivity index (χ2v) is 7.05. The molecule has 0 rings (SSSR count). The third-order valence-electron chi connectivity index (χ3n) is 1.15. The van der Waals surface area contributed by atoms with Crippen molar-refractivity contribution in [2.75, 3.05) is 19.8 Å². The van der Waals surface area contributed by atoms with Crippen LogP contribution < -0.4 is 5.09 Å². The van der Waals surface area contributed by atoms with E-state index in [1.807, 2.05) is 6.92 Å². The number of rotatable bonds is 5. The molecule has 0 spiro atoms. The monoisotopic (exact) mass is 196 g/mol. The molecule has 0 fully saturated rings. The minimum absolute atomic E-state index is 0.569. The van der Waals surface area contributed by atoms with Crippen LogP contribution in [0, 0.1) is 0 Å². The predicted molar refractivity (Wildman–Crippen MR) is 48.6 cm³/mol. The molecule has 0 radical (unpaired) electrons. The Hall–Kier alpha value is 0.0100. The number of hydrogen-bond donors (Lipinski definition) is 1. The molecule has 0 heterocycles. The predicted octanol–water partition coefficient (Wildman–Crippen LogP) is 1.16. The highest BCUT2D eigenvalue weighted by molar-refractivity contribution is 8.56. The summed E-state index contributed by atoms with van der Waals surface area (Å²) in [6.07, 6.45) is 0.569. The van der Waals surface area contributed by atoms with Gasteiger partial charge in [-0.05, 0) is 7.05 Å². The Morgan fingerprint density at radius 3 is 2.55 bits per heavy atom. The van der Waals surface area contributed by atoms with Gasteiger partial charge in [0.15, 0.2) is 0 Å². The summed E-state index contributed by atoms with van der Waals surface area (Å²) in [5.41, 5.74) is 0. The van der Waals surface area contributed by atoms with Gasteiger partial charge in [-0.15, -0.1) is 0 Å². The Morgan fingerprint density at radius 2 is 2.27 bits per heavy atom. The average molecular weight is 196 g/mol. The normalized spacial score (nSPS) is 15.5. The van der Waals surface area contributed by atoms with Gasteiger partial charge in [-0.1, -0.05) is 18.3 Å². The zero-order chi connectivity index (χ0) is 8.91. The molecule has 66 valence electrons. The van der Waals surface area contributed by atoms with Gasteiger partial charge in [0, 0.05) is 12.8 Å². The highest BCUT2D eigenvalue weighted by atomic mass is 32.7. The molecule has 0 aliphatic rings. The number of amides is 1. The summed E-state index contributed by atoms with van der Waals surface area (Å²) in [5, 5.41) is 2.64. The molecule has 1 amide bonds. The van der Waals surface area contributed by atoms with E-state index in [-0.39, 0.29) is 0 Å². The molecule has 0 bridgehead atoms. The topological polar surface area (TPSA) is 49.4 Å². The van der Waals surface area contributed by atoms with Crippen LogP contribution in [0.2, 0.25) is 0 Å². The van der Waals surface area contributed by atoms with Crippen LogP contribution in [0.5, 0.6) is 0 Å². The van der Waals surface area contributed by atoms with Gasteiger partial charge in [0.1, 0.15) is 0 Å². The third-order valence-corrected chi connectivity index (χ3v) is 6.40. The molecular formula is C5H13N2O2PS. The Morgan fingerprint density at radius 1 is 1.73 bits per heavy atom. The Balaban J connectivity index is 4.32. The minimum atomic E-state index is -2.66. The quantitative estimate of drug-likeness (QED) is 0.529. The fourth-order valence-electron chi connectivity index (χ4n) is 0.550. The van der Waals surface area contributed by atoms with Gasteiger partial charge < -0.3 is 0 Å². The van der Waals surface area contributed by atoms with Crippen molar-refractivity contribution in [1.82, 2.24) is 9.76 Å². The Labute approximate surface area is 70.9 Å². The molecule has 11 heavy (non-hydrogen) atoms. The summed E-state index contributed by atoms with van der Waals surface area (Å²) in [6, 6.07) is 0. The zero-order valence-corrected chi connectivity index (χ0v) is 8.61. The van der Waals surface area contributed by atoms with Gasteiger partial charge in [0.25, 0.3) is 6.65 Å². The highest BCUT2D eigenvalue weighted by Gasteiger charge is 2.23. The molecule has 0 saturated heterocycles. The van der Waals surface area contributed by atoms with E-state index in [2.05, 4.69) is 5.09 Å². The van der Waals surface area contributed by atoms with Gasteiger partial charge in [-0.3, -0.25) is 14.0 Å². The number of carbonyl (C=O) groups excluding carboxylic acids is 1. The number of hydrogen-bond acceptors (Lipinski definition) is 3. The first-order valence-electron chi connectivity index (χ1n) is 3.23. The van der Waals surface area contributed by atoms with Gasteiger partial charge in [0.2, 0.25) is 6.41 Å². The molecule has 0 aromatic rings. The smallest absolute Gasteiger partial charge is 0.279 e. The van der Waals surface area contributed by atoms with Gasteiger partial charge >= 0.3 is 0 Å². The summed E-state index contributed by atoms with van der Waals surface area (Å²) >= 11 is 1.25. The summed E-state index contributed by atoms with van der Waals surface area (Å²) in [4.78, 5) is 10.3. The average Bonchev–Trinajstić information content (AvgIpc) is 2.03. The van der Waals surface area contributed by atoms with Gasteiger partial charge in [-0.2, -0.15) is 0 Å². The van der Waals surface area contributed by atoms with Crippen molar-refractivity contribution in [3.63, 3.8) is 0 Å². The van der Waals surface area contributed by atoms with E-state index in [9.17, 15) is 9.36 Å². The van der Waals surface area contributed by atoms with Crippen LogP contribution in [0.25, 0.3) is 0 Å². The second kappa shape index (κ2) is 4.80. The maximum absolute atomic E-state index is 11.7. The Kier molecular flexibility index (Phi) is 4.81. The molecule has 0 aromatic carbocycles. The van der Waals surface area contributed by atoms with E-state index in [0.29, 0.717) is 6.41 Å². The van der Waals surface area contributed by atoms with Crippen molar-refractivity contribution in [3.8, 4) is 0 Å². The number of carbonyl (C=O) groups is 1. The molecule has 0 aliphatic carbocycles. The van der Waals surface area contributed by atoms with Crippen LogP contribution in [0.3, 0.4) is 0 Å². The van der Waals surface area contributed by atoms with E-state index in [4.69, 9.17) is 0 Å². The molecule has 6 heteroatoms. The third kappa shape index (κ3) is 2.85. The molecule has 0 saturated carbocycles. The van der Waals surface area contributed by atoms with E-state index in [0.717, 1.165) is 5.75 Å². The molecule has 4 nitrogen and oxygen atoms in total. The summed E-state index contributed by atoms with van der Waals surface area (Å²) < 4.78 is 12.8. The highest BCUT2D eigenvalue weighted by Crippen LogP contribution is 2.55. The lowest BCUT2D eigenvalue weighted by atomic mass is 11.0. The van der Waals surface area contributed by atoms with Crippen LogP contribution in [-0.4, -0.2) is 30.9 Å². The van der Waals surface area contributed by atoms with E-state index < -0.39 is 6.65 Å². The van der Waals surface area contributed by atoms with Gasteiger partial charge in [-0.25, -0.2) is 5.09 Å². The van der Waals surface area contributed by atoms with E-state index in [1.165, 1.54) is 23.1 Å². The minimum Gasteiger partial charge on any atom is -0.279 e. The lowest BCUT2D eigenvalue weighted by Gasteiger charge is -2.22. The molecular weight excluding hydrogens is 183 g/mol. The first-order chi connectivity index (χ1) is 5.10. The summed E-state index contributed by atoms with van der Waals surface area (Å²) in [5.74, 6) is 0.719. The largest absolute Gasteiger partial charge is 0.294 e. The molecule has 1 unspecified atom stereocenters. The van der Waals surface area contributed by atoms with Crippen LogP contribution in [0.1, 0.15) is 6.92 Å². The number of nitrogens with zero attached hydrogens (tertiary/aromatic N) is 1. The Bertz CT molecular complexity index is 176. The van der Waals surface area contributed by atoms with E-state index in [1.54, 1.807) is 7.05 Å². The standard InChI is InChI=1S/C5H13N2O2PS/c1-4-11-10(9,6-2)7(3)5-8/h5H,4H2,1-3H3,(H,6,9). The fourth-order valence-corrected chi connectivity index (χ4v) is 3.75. The molecule has 0 aromatic heterocycles. The van der Waals surface area contributed by atoms with Crippen LogP contribution in [0.4, 0.5) is 0 Å².